The van der Waals surface area contributed by atoms with Crippen molar-refractivity contribution in [3.8, 4) is 0 Å². The van der Waals surface area contributed by atoms with Crippen molar-refractivity contribution >= 4 is 11.9 Å². The third-order valence-electron chi connectivity index (χ3n) is 12.4. The number of carbonyl (C=O) groups excluding carboxylic acids is 2. The fourth-order valence-electron chi connectivity index (χ4n) is 8.27. The first-order valence-corrected chi connectivity index (χ1v) is 27.5. The van der Waals surface area contributed by atoms with E-state index < -0.39 is 6.10 Å². The van der Waals surface area contributed by atoms with Crippen molar-refractivity contribution < 1.29 is 24.2 Å². The van der Waals surface area contributed by atoms with E-state index in [0.717, 1.165) is 44.9 Å². The lowest BCUT2D eigenvalue weighted by Crippen LogP contribution is -2.28. The summed E-state index contributed by atoms with van der Waals surface area (Å²) < 4.78 is 10.7. The lowest BCUT2D eigenvalue weighted by molar-refractivity contribution is -0.161. The topological polar surface area (TPSA) is 72.8 Å². The lowest BCUT2D eigenvalue weighted by atomic mass is 10.0. The number of aliphatic hydroxyl groups excluding tert-OH is 1. The summed E-state index contributed by atoms with van der Waals surface area (Å²) in [7, 11) is 0. The summed E-state index contributed by atoms with van der Waals surface area (Å²) >= 11 is 0. The van der Waals surface area contributed by atoms with E-state index in [1.807, 2.05) is 0 Å². The number of allylic oxidation sites excluding steroid dienone is 6. The van der Waals surface area contributed by atoms with Gasteiger partial charge < -0.3 is 14.6 Å². The van der Waals surface area contributed by atoms with Crippen LogP contribution < -0.4 is 0 Å². The maximum absolute atomic E-state index is 12.3. The van der Waals surface area contributed by atoms with Gasteiger partial charge in [-0.1, -0.05) is 269 Å². The van der Waals surface area contributed by atoms with E-state index in [2.05, 4.69) is 50.3 Å². The number of hydrogen-bond acceptors (Lipinski definition) is 5. The molecule has 0 aromatic rings. The molecule has 0 aromatic heterocycles. The third kappa shape index (κ3) is 50.8. The van der Waals surface area contributed by atoms with Gasteiger partial charge in [0.05, 0.1) is 6.61 Å². The minimum absolute atomic E-state index is 0.0603. The zero-order valence-corrected chi connectivity index (χ0v) is 41.6. The highest BCUT2D eigenvalue weighted by atomic mass is 16.6. The van der Waals surface area contributed by atoms with Crippen LogP contribution in [0.5, 0.6) is 0 Å². The van der Waals surface area contributed by atoms with E-state index in [-0.39, 0.29) is 25.2 Å². The first-order chi connectivity index (χ1) is 30.6. The van der Waals surface area contributed by atoms with Gasteiger partial charge in [-0.2, -0.15) is 0 Å². The largest absolute Gasteiger partial charge is 0.462 e. The van der Waals surface area contributed by atoms with Gasteiger partial charge in [-0.15, -0.1) is 0 Å². The first kappa shape index (κ1) is 60.1. The van der Waals surface area contributed by atoms with E-state index in [4.69, 9.17) is 9.47 Å². The van der Waals surface area contributed by atoms with Gasteiger partial charge >= 0.3 is 11.9 Å². The molecule has 0 aliphatic carbocycles. The Bertz CT molecular complexity index is 986. The average Bonchev–Trinajstić information content (AvgIpc) is 3.28. The molecule has 1 N–H and O–H groups in total. The molecule has 0 radical (unpaired) electrons. The van der Waals surface area contributed by atoms with Crippen LogP contribution in [0.1, 0.15) is 296 Å². The molecule has 5 heteroatoms. The van der Waals surface area contributed by atoms with Crippen LogP contribution in [0.3, 0.4) is 0 Å². The second-order valence-electron chi connectivity index (χ2n) is 18.7. The van der Waals surface area contributed by atoms with Crippen molar-refractivity contribution in [3.05, 3.63) is 36.5 Å². The van der Waals surface area contributed by atoms with Crippen molar-refractivity contribution in [3.63, 3.8) is 0 Å². The zero-order chi connectivity index (χ0) is 44.9. The Morgan fingerprint density at radius 2 is 0.645 bits per heavy atom. The van der Waals surface area contributed by atoms with Crippen LogP contribution in [0.2, 0.25) is 0 Å². The van der Waals surface area contributed by atoms with Crippen LogP contribution in [0.15, 0.2) is 36.5 Å². The SMILES string of the molecule is CCCCCCC/C=C\C/C=C\C/C=C\CCCCCCCCCCCCCCCCCCC(=O)OC(CO)COC(=O)CCCCCCCCCCCCCCCCCCC. The number of ether oxygens (including phenoxy) is 2. The van der Waals surface area contributed by atoms with E-state index in [1.165, 1.54) is 225 Å². The van der Waals surface area contributed by atoms with Gasteiger partial charge in [0.25, 0.3) is 0 Å². The van der Waals surface area contributed by atoms with Crippen LogP contribution in [0.4, 0.5) is 0 Å². The second-order valence-corrected chi connectivity index (χ2v) is 18.7. The summed E-state index contributed by atoms with van der Waals surface area (Å²) in [6.45, 7) is 4.17. The fraction of sp³-hybridized carbons (Fsp3) is 0.860. The van der Waals surface area contributed by atoms with Crippen LogP contribution in [0, 0.1) is 0 Å². The quantitative estimate of drug-likeness (QED) is 0.0374. The smallest absolute Gasteiger partial charge is 0.306 e. The molecule has 0 heterocycles. The predicted octanol–water partition coefficient (Wildman–Crippen LogP) is 18.3. The number of hydrogen-bond donors (Lipinski definition) is 1. The first-order valence-electron chi connectivity index (χ1n) is 27.5. The minimum atomic E-state index is -0.768. The summed E-state index contributed by atoms with van der Waals surface area (Å²) in [5, 5.41) is 9.63. The number of aliphatic hydroxyl groups is 1. The standard InChI is InChI=1S/C57H106O5/c1-3-5-7-9-11-13-15-17-19-21-22-23-24-25-26-27-28-29-30-31-32-33-34-36-38-40-42-44-46-48-50-52-57(60)62-55(53-58)54-61-56(59)51-49-47-45-43-41-39-37-35-20-18-16-14-12-10-8-6-4-2/h15,17,21-22,24-25,55,58H,3-14,16,18-20,23,26-54H2,1-2H3/b17-15-,22-21-,25-24-. The molecule has 0 bridgehead atoms. The van der Waals surface area contributed by atoms with E-state index >= 15 is 0 Å². The maximum Gasteiger partial charge on any atom is 0.306 e. The Labute approximate surface area is 386 Å². The number of unbranched alkanes of at least 4 members (excludes halogenated alkanes) is 37. The van der Waals surface area contributed by atoms with Gasteiger partial charge in [-0.25, -0.2) is 0 Å². The fourth-order valence-corrected chi connectivity index (χ4v) is 8.27. The third-order valence-corrected chi connectivity index (χ3v) is 12.4. The van der Waals surface area contributed by atoms with Crippen LogP contribution in [0.25, 0.3) is 0 Å². The summed E-state index contributed by atoms with van der Waals surface area (Å²) in [5.74, 6) is -0.574. The molecule has 0 amide bonds. The minimum Gasteiger partial charge on any atom is -0.462 e. The molecule has 5 nitrogen and oxygen atoms in total. The van der Waals surface area contributed by atoms with Crippen LogP contribution in [-0.2, 0) is 19.1 Å². The van der Waals surface area contributed by atoms with Gasteiger partial charge in [0.15, 0.2) is 6.10 Å². The summed E-state index contributed by atoms with van der Waals surface area (Å²) in [5.41, 5.74) is 0. The lowest BCUT2D eigenvalue weighted by Gasteiger charge is -2.15. The molecule has 0 aliphatic heterocycles. The second kappa shape index (κ2) is 53.5. The monoisotopic (exact) mass is 871 g/mol. The molecule has 1 atom stereocenters. The Balaban J connectivity index is 3.44. The molecule has 0 spiro atoms. The molecular formula is C57H106O5. The van der Waals surface area contributed by atoms with Gasteiger partial charge in [0.2, 0.25) is 0 Å². The number of rotatable bonds is 51. The Morgan fingerprint density at radius 1 is 0.371 bits per heavy atom. The Hall–Kier alpha value is -1.88. The van der Waals surface area contributed by atoms with E-state index in [9.17, 15) is 14.7 Å². The molecule has 1 unspecified atom stereocenters. The van der Waals surface area contributed by atoms with Crippen molar-refractivity contribution in [1.82, 2.24) is 0 Å². The summed E-state index contributed by atoms with van der Waals surface area (Å²) in [6.07, 6.45) is 68.3. The summed E-state index contributed by atoms with van der Waals surface area (Å²) in [6, 6.07) is 0. The molecule has 0 saturated carbocycles. The molecule has 0 aliphatic rings. The van der Waals surface area contributed by atoms with Crippen molar-refractivity contribution in [2.75, 3.05) is 13.2 Å². The highest BCUT2D eigenvalue weighted by molar-refractivity contribution is 5.70. The van der Waals surface area contributed by atoms with Crippen molar-refractivity contribution in [1.29, 1.82) is 0 Å². The number of carbonyl (C=O) groups is 2. The molecule has 0 aromatic carbocycles. The van der Waals surface area contributed by atoms with Crippen LogP contribution >= 0.6 is 0 Å². The van der Waals surface area contributed by atoms with E-state index in [1.54, 1.807) is 0 Å². The van der Waals surface area contributed by atoms with Gasteiger partial charge in [-0.05, 0) is 51.4 Å². The molecule has 0 rings (SSSR count). The Morgan fingerprint density at radius 3 is 0.968 bits per heavy atom. The van der Waals surface area contributed by atoms with E-state index in [0.29, 0.717) is 12.8 Å². The van der Waals surface area contributed by atoms with Crippen molar-refractivity contribution in [2.45, 2.75) is 302 Å². The maximum atomic E-state index is 12.3. The number of esters is 2. The highest BCUT2D eigenvalue weighted by Crippen LogP contribution is 2.17. The molecule has 62 heavy (non-hydrogen) atoms. The van der Waals surface area contributed by atoms with Gasteiger partial charge in [0, 0.05) is 12.8 Å². The van der Waals surface area contributed by atoms with Crippen LogP contribution in [-0.4, -0.2) is 36.4 Å². The average molecular weight is 871 g/mol. The molecular weight excluding hydrogens is 765 g/mol. The molecule has 364 valence electrons. The highest BCUT2D eigenvalue weighted by Gasteiger charge is 2.16. The predicted molar refractivity (Wildman–Crippen MR) is 270 cm³/mol. The van der Waals surface area contributed by atoms with Gasteiger partial charge in [-0.3, -0.25) is 9.59 Å². The normalized spacial score (nSPS) is 12.4. The molecule has 0 fully saturated rings. The molecule has 0 saturated heterocycles. The summed E-state index contributed by atoms with van der Waals surface area (Å²) in [4.78, 5) is 24.5. The zero-order valence-electron chi connectivity index (χ0n) is 41.6. The van der Waals surface area contributed by atoms with Crippen molar-refractivity contribution in [2.24, 2.45) is 0 Å². The Kier molecular flexibility index (Phi) is 51.8. The van der Waals surface area contributed by atoms with Gasteiger partial charge in [0.1, 0.15) is 6.61 Å².